The minimum absolute atomic E-state index is 0.191. The van der Waals surface area contributed by atoms with Crippen LogP contribution >= 0.6 is 0 Å². The molecule has 0 bridgehead atoms. The van der Waals surface area contributed by atoms with Crippen molar-refractivity contribution >= 4 is 11.5 Å². The first kappa shape index (κ1) is 13.3. The summed E-state index contributed by atoms with van der Waals surface area (Å²) in [5.74, 6) is 0.191. The average Bonchev–Trinajstić information content (AvgIpc) is 2.48. The monoisotopic (exact) mass is 253 g/mol. The molecule has 0 atom stereocenters. The maximum absolute atomic E-state index is 11.5. The summed E-state index contributed by atoms with van der Waals surface area (Å²) in [7, 11) is 0. The first-order valence-corrected chi connectivity index (χ1v) is 6.70. The molecule has 2 nitrogen and oxygen atoms in total. The lowest BCUT2D eigenvalue weighted by molar-refractivity contribution is 0.0988. The van der Waals surface area contributed by atoms with Gasteiger partial charge >= 0.3 is 0 Å². The summed E-state index contributed by atoms with van der Waals surface area (Å²) in [5, 5.41) is 3.37. The van der Waals surface area contributed by atoms with E-state index >= 15 is 0 Å². The Hall–Kier alpha value is -2.09. The summed E-state index contributed by atoms with van der Waals surface area (Å²) >= 11 is 0. The quantitative estimate of drug-likeness (QED) is 0.790. The zero-order valence-electron chi connectivity index (χ0n) is 11.2. The van der Waals surface area contributed by atoms with E-state index in [1.807, 2.05) is 37.3 Å². The first-order valence-electron chi connectivity index (χ1n) is 6.70. The van der Waals surface area contributed by atoms with E-state index in [1.54, 1.807) is 0 Å². The van der Waals surface area contributed by atoms with Crippen LogP contribution in [-0.4, -0.2) is 12.3 Å². The Balaban J connectivity index is 1.85. The van der Waals surface area contributed by atoms with Gasteiger partial charge in [0, 0.05) is 24.2 Å². The van der Waals surface area contributed by atoms with E-state index in [1.165, 1.54) is 5.56 Å². The summed E-state index contributed by atoms with van der Waals surface area (Å²) in [5.41, 5.74) is 3.17. The third kappa shape index (κ3) is 3.95. The minimum atomic E-state index is 0.191. The second-order valence-corrected chi connectivity index (χ2v) is 4.52. The van der Waals surface area contributed by atoms with Crippen LogP contribution in [-0.2, 0) is 6.42 Å². The van der Waals surface area contributed by atoms with Crippen LogP contribution < -0.4 is 5.32 Å². The molecule has 1 N–H and O–H groups in total. The van der Waals surface area contributed by atoms with E-state index in [0.29, 0.717) is 6.42 Å². The fourth-order valence-electron chi connectivity index (χ4n) is 1.97. The Morgan fingerprint density at radius 2 is 1.68 bits per heavy atom. The van der Waals surface area contributed by atoms with Crippen LogP contribution in [0.25, 0.3) is 0 Å². The molecule has 0 radical (unpaired) electrons. The largest absolute Gasteiger partial charge is 0.385 e. The molecule has 2 aromatic carbocycles. The van der Waals surface area contributed by atoms with Crippen molar-refractivity contribution in [3.05, 3.63) is 65.7 Å². The number of hydrogen-bond acceptors (Lipinski definition) is 2. The predicted octanol–water partition coefficient (Wildman–Crippen LogP) is 3.93. The molecule has 0 unspecified atom stereocenters. The molecular weight excluding hydrogens is 234 g/mol. The number of rotatable bonds is 6. The number of anilines is 1. The number of carbonyl (C=O) groups is 1. The molecule has 19 heavy (non-hydrogen) atoms. The Morgan fingerprint density at radius 3 is 2.32 bits per heavy atom. The van der Waals surface area contributed by atoms with E-state index in [9.17, 15) is 4.79 Å². The second-order valence-electron chi connectivity index (χ2n) is 4.52. The van der Waals surface area contributed by atoms with Crippen molar-refractivity contribution in [1.29, 1.82) is 0 Å². The maximum atomic E-state index is 11.5. The molecule has 0 aromatic heterocycles. The van der Waals surface area contributed by atoms with Crippen LogP contribution in [0.3, 0.4) is 0 Å². The Labute approximate surface area is 114 Å². The van der Waals surface area contributed by atoms with Gasteiger partial charge in [0.1, 0.15) is 0 Å². The van der Waals surface area contributed by atoms with Gasteiger partial charge in [0.15, 0.2) is 5.78 Å². The number of carbonyl (C=O) groups excluding carboxylic acids is 1. The highest BCUT2D eigenvalue weighted by Gasteiger charge is 2.01. The van der Waals surface area contributed by atoms with Crippen molar-refractivity contribution < 1.29 is 4.79 Å². The summed E-state index contributed by atoms with van der Waals surface area (Å²) in [4.78, 5) is 11.5. The van der Waals surface area contributed by atoms with Crippen LogP contribution in [0.2, 0.25) is 0 Å². The molecule has 0 fully saturated rings. The van der Waals surface area contributed by atoms with Gasteiger partial charge in [0.25, 0.3) is 0 Å². The Kier molecular flexibility index (Phi) is 4.73. The minimum Gasteiger partial charge on any atom is -0.385 e. The van der Waals surface area contributed by atoms with Crippen molar-refractivity contribution in [2.75, 3.05) is 11.9 Å². The van der Waals surface area contributed by atoms with Crippen molar-refractivity contribution in [1.82, 2.24) is 0 Å². The molecule has 2 aromatic rings. The molecule has 0 saturated heterocycles. The lowest BCUT2D eigenvalue weighted by Crippen LogP contribution is -2.05. The van der Waals surface area contributed by atoms with Crippen LogP contribution in [0.15, 0.2) is 54.6 Å². The highest BCUT2D eigenvalue weighted by atomic mass is 16.1. The highest BCUT2D eigenvalue weighted by Crippen LogP contribution is 2.11. The highest BCUT2D eigenvalue weighted by molar-refractivity contribution is 5.96. The number of benzene rings is 2. The van der Waals surface area contributed by atoms with Gasteiger partial charge in [-0.2, -0.15) is 0 Å². The smallest absolute Gasteiger partial charge is 0.162 e. The lowest BCUT2D eigenvalue weighted by atomic mass is 10.1. The number of hydrogen-bond donors (Lipinski definition) is 1. The summed E-state index contributed by atoms with van der Waals surface area (Å²) in [6, 6.07) is 18.1. The summed E-state index contributed by atoms with van der Waals surface area (Å²) < 4.78 is 0. The SMILES string of the molecule is CCC(=O)c1ccc(NCCc2ccccc2)cc1. The van der Waals surface area contributed by atoms with Gasteiger partial charge in [-0.1, -0.05) is 37.3 Å². The van der Waals surface area contributed by atoms with E-state index in [4.69, 9.17) is 0 Å². The third-order valence-electron chi connectivity index (χ3n) is 3.11. The van der Waals surface area contributed by atoms with Gasteiger partial charge in [0.2, 0.25) is 0 Å². The number of ketones is 1. The number of nitrogens with one attached hydrogen (secondary N) is 1. The maximum Gasteiger partial charge on any atom is 0.162 e. The fraction of sp³-hybridized carbons (Fsp3) is 0.235. The molecule has 0 saturated carbocycles. The Bertz CT molecular complexity index is 517. The zero-order chi connectivity index (χ0) is 13.5. The summed E-state index contributed by atoms with van der Waals surface area (Å²) in [6.45, 7) is 2.78. The van der Waals surface area contributed by atoms with Gasteiger partial charge in [0.05, 0.1) is 0 Å². The van der Waals surface area contributed by atoms with Crippen LogP contribution in [0, 0.1) is 0 Å². The molecule has 0 spiro atoms. The van der Waals surface area contributed by atoms with Crippen molar-refractivity contribution in [3.63, 3.8) is 0 Å². The van der Waals surface area contributed by atoms with Crippen LogP contribution in [0.1, 0.15) is 29.3 Å². The molecule has 0 amide bonds. The predicted molar refractivity (Wildman–Crippen MR) is 79.7 cm³/mol. The van der Waals surface area contributed by atoms with Crippen molar-refractivity contribution in [2.45, 2.75) is 19.8 Å². The van der Waals surface area contributed by atoms with Gasteiger partial charge in [-0.05, 0) is 36.2 Å². The van der Waals surface area contributed by atoms with E-state index in [-0.39, 0.29) is 5.78 Å². The van der Waals surface area contributed by atoms with Gasteiger partial charge in [-0.15, -0.1) is 0 Å². The zero-order valence-corrected chi connectivity index (χ0v) is 11.2. The molecule has 0 aliphatic heterocycles. The van der Waals surface area contributed by atoms with Gasteiger partial charge < -0.3 is 5.32 Å². The van der Waals surface area contributed by atoms with Crippen molar-refractivity contribution in [2.24, 2.45) is 0 Å². The topological polar surface area (TPSA) is 29.1 Å². The molecule has 0 aliphatic rings. The normalized spacial score (nSPS) is 10.2. The molecule has 98 valence electrons. The number of Topliss-reactive ketones (excluding diaryl/α,β-unsaturated/α-hetero) is 1. The average molecular weight is 253 g/mol. The van der Waals surface area contributed by atoms with E-state index in [0.717, 1.165) is 24.2 Å². The van der Waals surface area contributed by atoms with Crippen molar-refractivity contribution in [3.8, 4) is 0 Å². The van der Waals surface area contributed by atoms with E-state index < -0.39 is 0 Å². The van der Waals surface area contributed by atoms with Gasteiger partial charge in [-0.3, -0.25) is 4.79 Å². The molecule has 2 heteroatoms. The van der Waals surface area contributed by atoms with Crippen LogP contribution in [0.4, 0.5) is 5.69 Å². The van der Waals surface area contributed by atoms with Gasteiger partial charge in [-0.25, -0.2) is 0 Å². The molecule has 0 heterocycles. The van der Waals surface area contributed by atoms with E-state index in [2.05, 4.69) is 29.6 Å². The summed E-state index contributed by atoms with van der Waals surface area (Å²) in [6.07, 6.45) is 1.55. The molecular formula is C17H19NO. The fourth-order valence-corrected chi connectivity index (χ4v) is 1.97. The molecule has 0 aliphatic carbocycles. The standard InChI is InChI=1S/C17H19NO/c1-2-17(19)15-8-10-16(11-9-15)18-13-12-14-6-4-3-5-7-14/h3-11,18H,2,12-13H2,1H3. The third-order valence-corrected chi connectivity index (χ3v) is 3.11. The first-order chi connectivity index (χ1) is 9.29. The Morgan fingerprint density at radius 1 is 1.00 bits per heavy atom. The second kappa shape index (κ2) is 6.74. The molecule has 2 rings (SSSR count). The van der Waals surface area contributed by atoms with Crippen LogP contribution in [0.5, 0.6) is 0 Å². The lowest BCUT2D eigenvalue weighted by Gasteiger charge is -2.07.